The van der Waals surface area contributed by atoms with Crippen molar-refractivity contribution >= 4 is 22.8 Å². The maximum atomic E-state index is 5.83. The van der Waals surface area contributed by atoms with E-state index in [1.165, 1.54) is 0 Å². The van der Waals surface area contributed by atoms with Crippen LogP contribution in [0.5, 0.6) is 0 Å². The van der Waals surface area contributed by atoms with Gasteiger partial charge in [0, 0.05) is 24.2 Å². The van der Waals surface area contributed by atoms with Crippen LogP contribution in [0.1, 0.15) is 24.3 Å². The van der Waals surface area contributed by atoms with Gasteiger partial charge < -0.3 is 25.1 Å². The van der Waals surface area contributed by atoms with Crippen molar-refractivity contribution in [3.63, 3.8) is 0 Å². The van der Waals surface area contributed by atoms with E-state index < -0.39 is 0 Å². The number of benzene rings is 1. The molecule has 4 heterocycles. The molecule has 3 aromatic rings. The number of H-pyrrole nitrogens is 1. The topological polar surface area (TPSA) is 102 Å². The number of fused-ring (bicyclic) bond motifs is 2. The Morgan fingerprint density at radius 3 is 2.88 bits per heavy atom. The van der Waals surface area contributed by atoms with Gasteiger partial charge in [-0.15, -0.1) is 0 Å². The molecule has 0 aliphatic carbocycles. The van der Waals surface area contributed by atoms with Gasteiger partial charge in [-0.05, 0) is 25.1 Å². The minimum Gasteiger partial charge on any atom is -0.378 e. The summed E-state index contributed by atoms with van der Waals surface area (Å²) in [6.45, 7) is 5.67. The molecule has 2 aromatic heterocycles. The van der Waals surface area contributed by atoms with Crippen molar-refractivity contribution in [1.82, 2.24) is 19.9 Å². The van der Waals surface area contributed by atoms with Crippen molar-refractivity contribution in [3.05, 3.63) is 29.5 Å². The van der Waals surface area contributed by atoms with Gasteiger partial charge in [-0.3, -0.25) is 0 Å². The van der Waals surface area contributed by atoms with Crippen molar-refractivity contribution in [2.45, 2.75) is 19.6 Å². The number of aromatic amines is 1. The van der Waals surface area contributed by atoms with Crippen LogP contribution in [0.15, 0.2) is 18.2 Å². The van der Waals surface area contributed by atoms with E-state index in [1.54, 1.807) is 0 Å². The predicted molar refractivity (Wildman–Crippen MR) is 97.8 cm³/mol. The Kier molecular flexibility index (Phi) is 3.54. The summed E-state index contributed by atoms with van der Waals surface area (Å²) in [6, 6.07) is 5.90. The van der Waals surface area contributed by atoms with Crippen molar-refractivity contribution in [2.75, 3.05) is 36.9 Å². The Hall–Kier alpha value is -2.71. The van der Waals surface area contributed by atoms with Gasteiger partial charge in [-0.2, -0.15) is 0 Å². The fourth-order valence-electron chi connectivity index (χ4n) is 3.59. The number of nitrogens with two attached hydrogens (primary N) is 1. The van der Waals surface area contributed by atoms with Gasteiger partial charge in [-0.25, -0.2) is 15.0 Å². The highest BCUT2D eigenvalue weighted by Crippen LogP contribution is 2.36. The number of hydrogen-bond acceptors (Lipinski definition) is 7. The van der Waals surface area contributed by atoms with Gasteiger partial charge in [0.05, 0.1) is 42.7 Å². The summed E-state index contributed by atoms with van der Waals surface area (Å²) in [5.74, 6) is 2.06. The minimum atomic E-state index is -0.0296. The molecular formula is C18H20N6O2. The highest BCUT2D eigenvalue weighted by atomic mass is 16.5. The predicted octanol–water partition coefficient (Wildman–Crippen LogP) is 2.03. The number of rotatable bonds is 2. The molecule has 0 amide bonds. The number of hydrogen-bond donors (Lipinski definition) is 2. The third-order valence-electron chi connectivity index (χ3n) is 4.95. The molecule has 1 atom stereocenters. The Bertz CT molecular complexity index is 979. The summed E-state index contributed by atoms with van der Waals surface area (Å²) in [7, 11) is 0. The summed E-state index contributed by atoms with van der Waals surface area (Å²) < 4.78 is 11.3. The first-order chi connectivity index (χ1) is 12.7. The molecule has 3 N–H and O–H groups in total. The van der Waals surface area contributed by atoms with E-state index in [0.717, 1.165) is 46.8 Å². The lowest BCUT2D eigenvalue weighted by atomic mass is 10.1. The second-order valence-corrected chi connectivity index (χ2v) is 6.64. The van der Waals surface area contributed by atoms with E-state index in [4.69, 9.17) is 25.2 Å². The number of nitrogens with zero attached hydrogens (tertiary/aromatic N) is 4. The first-order valence-corrected chi connectivity index (χ1v) is 8.80. The van der Waals surface area contributed by atoms with Crippen LogP contribution in [0.3, 0.4) is 0 Å². The summed E-state index contributed by atoms with van der Waals surface area (Å²) in [5.41, 5.74) is 10.5. The SMILES string of the molecule is CC1OCc2c1nc(-c1ccc3nc(N)[nH]c3c1)nc2N1CCOCC1. The van der Waals surface area contributed by atoms with Crippen LogP contribution in [0, 0.1) is 0 Å². The highest BCUT2D eigenvalue weighted by Gasteiger charge is 2.29. The minimum absolute atomic E-state index is 0.0296. The van der Waals surface area contributed by atoms with E-state index in [1.807, 2.05) is 25.1 Å². The normalized spacial score (nSPS) is 19.9. The van der Waals surface area contributed by atoms with Gasteiger partial charge in [0.2, 0.25) is 0 Å². The van der Waals surface area contributed by atoms with E-state index in [9.17, 15) is 0 Å². The number of aromatic nitrogens is 4. The number of morpholine rings is 1. The largest absolute Gasteiger partial charge is 0.378 e. The Morgan fingerprint density at radius 1 is 1.19 bits per heavy atom. The maximum absolute atomic E-state index is 5.83. The molecule has 134 valence electrons. The smallest absolute Gasteiger partial charge is 0.198 e. The summed E-state index contributed by atoms with van der Waals surface area (Å²) in [5, 5.41) is 0. The number of nitrogen functional groups attached to an aromatic ring is 1. The zero-order chi connectivity index (χ0) is 17.7. The molecule has 26 heavy (non-hydrogen) atoms. The van der Waals surface area contributed by atoms with Gasteiger partial charge in [0.25, 0.3) is 0 Å². The molecule has 1 saturated heterocycles. The van der Waals surface area contributed by atoms with Crippen LogP contribution in [-0.2, 0) is 16.1 Å². The third kappa shape index (κ3) is 2.49. The van der Waals surface area contributed by atoms with Crippen LogP contribution in [0.25, 0.3) is 22.4 Å². The second kappa shape index (κ2) is 5.93. The molecule has 0 radical (unpaired) electrons. The number of anilines is 2. The van der Waals surface area contributed by atoms with Crippen LogP contribution in [0.2, 0.25) is 0 Å². The van der Waals surface area contributed by atoms with Crippen LogP contribution < -0.4 is 10.6 Å². The Labute approximate surface area is 150 Å². The summed E-state index contributed by atoms with van der Waals surface area (Å²) >= 11 is 0. The molecule has 0 bridgehead atoms. The number of nitrogens with one attached hydrogen (secondary N) is 1. The Morgan fingerprint density at radius 2 is 2.04 bits per heavy atom. The lowest BCUT2D eigenvalue weighted by Gasteiger charge is -2.29. The lowest BCUT2D eigenvalue weighted by Crippen LogP contribution is -2.37. The lowest BCUT2D eigenvalue weighted by molar-refractivity contribution is 0.0778. The summed E-state index contributed by atoms with van der Waals surface area (Å²) in [4.78, 5) is 19.3. The molecule has 1 aromatic carbocycles. The van der Waals surface area contributed by atoms with Gasteiger partial charge in [-0.1, -0.05) is 0 Å². The standard InChI is InChI=1S/C18H20N6O2/c1-10-15-12(9-26-10)17(24-4-6-25-7-5-24)23-16(22-15)11-2-3-13-14(8-11)21-18(19)20-13/h2-3,8,10H,4-7,9H2,1H3,(H3,19,20,21). The van der Waals surface area contributed by atoms with E-state index in [0.29, 0.717) is 31.6 Å². The number of ether oxygens (including phenoxy) is 2. The molecule has 8 heteroatoms. The molecule has 1 unspecified atom stereocenters. The van der Waals surface area contributed by atoms with E-state index in [2.05, 4.69) is 14.9 Å². The fourth-order valence-corrected chi connectivity index (χ4v) is 3.59. The molecular weight excluding hydrogens is 332 g/mol. The van der Waals surface area contributed by atoms with Crippen molar-refractivity contribution in [1.29, 1.82) is 0 Å². The molecule has 0 spiro atoms. The van der Waals surface area contributed by atoms with Crippen LogP contribution >= 0.6 is 0 Å². The average molecular weight is 352 g/mol. The molecule has 0 saturated carbocycles. The average Bonchev–Trinajstić information content (AvgIpc) is 3.23. The quantitative estimate of drug-likeness (QED) is 0.727. The highest BCUT2D eigenvalue weighted by molar-refractivity contribution is 5.82. The van der Waals surface area contributed by atoms with Crippen molar-refractivity contribution < 1.29 is 9.47 Å². The zero-order valence-electron chi connectivity index (χ0n) is 14.5. The van der Waals surface area contributed by atoms with E-state index >= 15 is 0 Å². The van der Waals surface area contributed by atoms with E-state index in [-0.39, 0.29) is 6.10 Å². The van der Waals surface area contributed by atoms with Gasteiger partial charge >= 0.3 is 0 Å². The molecule has 8 nitrogen and oxygen atoms in total. The summed E-state index contributed by atoms with van der Waals surface area (Å²) in [6.07, 6.45) is -0.0296. The van der Waals surface area contributed by atoms with Gasteiger partial charge in [0.15, 0.2) is 11.8 Å². The molecule has 2 aliphatic heterocycles. The number of imidazole rings is 1. The van der Waals surface area contributed by atoms with Crippen LogP contribution in [-0.4, -0.2) is 46.2 Å². The monoisotopic (exact) mass is 352 g/mol. The maximum Gasteiger partial charge on any atom is 0.198 e. The third-order valence-corrected chi connectivity index (χ3v) is 4.95. The zero-order valence-corrected chi connectivity index (χ0v) is 14.5. The molecule has 1 fully saturated rings. The fraction of sp³-hybridized carbons (Fsp3) is 0.389. The van der Waals surface area contributed by atoms with Crippen molar-refractivity contribution in [3.8, 4) is 11.4 Å². The molecule has 5 rings (SSSR count). The first-order valence-electron chi connectivity index (χ1n) is 8.80. The van der Waals surface area contributed by atoms with Crippen molar-refractivity contribution in [2.24, 2.45) is 0 Å². The van der Waals surface area contributed by atoms with Gasteiger partial charge in [0.1, 0.15) is 5.82 Å². The first kappa shape index (κ1) is 15.5. The second-order valence-electron chi connectivity index (χ2n) is 6.64. The Balaban J connectivity index is 1.64. The molecule has 2 aliphatic rings. The van der Waals surface area contributed by atoms with Crippen LogP contribution in [0.4, 0.5) is 11.8 Å².